The predicted molar refractivity (Wildman–Crippen MR) is 113 cm³/mol. The summed E-state index contributed by atoms with van der Waals surface area (Å²) in [6.45, 7) is 7.33. The van der Waals surface area contributed by atoms with E-state index < -0.39 is 18.0 Å². The minimum atomic E-state index is -2.86. The average molecular weight is 459 g/mol. The zero-order valence-corrected chi connectivity index (χ0v) is 18.1. The highest BCUT2D eigenvalue weighted by atomic mass is 19.3. The van der Waals surface area contributed by atoms with E-state index in [9.17, 15) is 13.6 Å². The van der Waals surface area contributed by atoms with Gasteiger partial charge in [-0.2, -0.15) is 4.98 Å². The van der Waals surface area contributed by atoms with Gasteiger partial charge in [0.2, 0.25) is 17.8 Å². The zero-order valence-electron chi connectivity index (χ0n) is 18.1. The summed E-state index contributed by atoms with van der Waals surface area (Å²) in [5.74, 6) is 0.579. The number of alkyl halides is 2. The van der Waals surface area contributed by atoms with E-state index in [0.717, 1.165) is 52.6 Å². The molecule has 12 heteroatoms. The van der Waals surface area contributed by atoms with Gasteiger partial charge >= 0.3 is 0 Å². The summed E-state index contributed by atoms with van der Waals surface area (Å²) in [5, 5.41) is 2.35. The molecule has 6 rings (SSSR count). The van der Waals surface area contributed by atoms with Crippen molar-refractivity contribution in [3.8, 4) is 11.3 Å². The van der Waals surface area contributed by atoms with Crippen LogP contribution in [0.15, 0.2) is 12.3 Å². The molecule has 0 saturated carbocycles. The van der Waals surface area contributed by atoms with Gasteiger partial charge < -0.3 is 19.3 Å². The average Bonchev–Trinajstić information content (AvgIpc) is 2.63. The molecule has 2 spiro atoms. The molecule has 0 radical (unpaired) electrons. The van der Waals surface area contributed by atoms with Gasteiger partial charge in [-0.3, -0.25) is 10.1 Å². The van der Waals surface area contributed by atoms with Crippen LogP contribution in [0.4, 0.5) is 26.5 Å². The van der Waals surface area contributed by atoms with Crippen molar-refractivity contribution in [1.29, 1.82) is 0 Å². The fourth-order valence-electron chi connectivity index (χ4n) is 4.82. The van der Waals surface area contributed by atoms with Crippen LogP contribution in [0.5, 0.6) is 0 Å². The van der Waals surface area contributed by atoms with E-state index in [-0.39, 0.29) is 22.3 Å². The Morgan fingerprint density at radius 3 is 2.21 bits per heavy atom. The van der Waals surface area contributed by atoms with E-state index in [1.165, 1.54) is 13.1 Å². The van der Waals surface area contributed by atoms with Crippen LogP contribution in [0, 0.1) is 10.8 Å². The molecule has 4 saturated heterocycles. The molecule has 4 fully saturated rings. The van der Waals surface area contributed by atoms with Crippen molar-refractivity contribution >= 4 is 23.6 Å². The molecule has 2 aromatic rings. The van der Waals surface area contributed by atoms with Crippen LogP contribution in [0.25, 0.3) is 11.3 Å². The highest BCUT2D eigenvalue weighted by Crippen LogP contribution is 2.43. The van der Waals surface area contributed by atoms with E-state index in [2.05, 4.69) is 25.2 Å². The SMILES string of the molecule is CC(=O)Nc1ncc(-c2cc(N3CC4(COC4)C3)nc(N3CC4(COC4)C3)n2)c(C(F)F)n1. The fraction of sp³-hybridized carbons (Fsp3) is 0.571. The number of halogens is 2. The van der Waals surface area contributed by atoms with Crippen molar-refractivity contribution in [2.24, 2.45) is 10.8 Å². The number of carbonyl (C=O) groups is 1. The van der Waals surface area contributed by atoms with E-state index in [1.54, 1.807) is 6.07 Å². The first-order valence-corrected chi connectivity index (χ1v) is 10.8. The van der Waals surface area contributed by atoms with Gasteiger partial charge in [-0.1, -0.05) is 0 Å². The van der Waals surface area contributed by atoms with E-state index in [1.807, 2.05) is 4.90 Å². The van der Waals surface area contributed by atoms with Gasteiger partial charge in [0.15, 0.2) is 0 Å². The number of amides is 1. The Kier molecular flexibility index (Phi) is 4.53. The summed E-state index contributed by atoms with van der Waals surface area (Å²) in [5.41, 5.74) is 0.294. The van der Waals surface area contributed by atoms with Crippen molar-refractivity contribution in [2.45, 2.75) is 13.3 Å². The summed E-state index contributed by atoms with van der Waals surface area (Å²) in [4.78, 5) is 32.8. The lowest BCUT2D eigenvalue weighted by atomic mass is 9.78. The lowest BCUT2D eigenvalue weighted by molar-refractivity contribution is -0.127. The molecular formula is C21H23F2N7O3. The third-order valence-electron chi connectivity index (χ3n) is 6.63. The van der Waals surface area contributed by atoms with Crippen LogP contribution in [0.3, 0.4) is 0 Å². The van der Waals surface area contributed by atoms with E-state index >= 15 is 0 Å². The molecule has 0 atom stereocenters. The Morgan fingerprint density at radius 1 is 1.03 bits per heavy atom. The zero-order chi connectivity index (χ0) is 22.8. The topological polar surface area (TPSA) is 106 Å². The maximum absolute atomic E-state index is 13.9. The number of nitrogens with zero attached hydrogens (tertiary/aromatic N) is 6. The van der Waals surface area contributed by atoms with Gasteiger partial charge in [-0.15, -0.1) is 0 Å². The molecule has 10 nitrogen and oxygen atoms in total. The van der Waals surface area contributed by atoms with Gasteiger partial charge in [0.05, 0.1) is 43.0 Å². The molecule has 6 heterocycles. The summed E-state index contributed by atoms with van der Waals surface area (Å²) < 4.78 is 38.5. The number of anilines is 3. The summed E-state index contributed by atoms with van der Waals surface area (Å²) in [6, 6.07) is 1.71. The smallest absolute Gasteiger partial charge is 0.281 e. The second kappa shape index (κ2) is 7.26. The quantitative estimate of drug-likeness (QED) is 0.712. The van der Waals surface area contributed by atoms with Crippen molar-refractivity contribution in [3.05, 3.63) is 18.0 Å². The van der Waals surface area contributed by atoms with Gasteiger partial charge in [0.25, 0.3) is 6.43 Å². The third kappa shape index (κ3) is 3.48. The lowest BCUT2D eigenvalue weighted by Crippen LogP contribution is -2.67. The highest BCUT2D eigenvalue weighted by Gasteiger charge is 2.51. The number of hydrogen-bond acceptors (Lipinski definition) is 9. The number of nitrogens with one attached hydrogen (secondary N) is 1. The number of aromatic nitrogens is 4. The Bertz CT molecular complexity index is 1060. The van der Waals surface area contributed by atoms with Gasteiger partial charge in [0, 0.05) is 50.9 Å². The number of hydrogen-bond donors (Lipinski definition) is 1. The second-order valence-corrected chi connectivity index (χ2v) is 9.58. The summed E-state index contributed by atoms with van der Waals surface area (Å²) >= 11 is 0. The number of rotatable bonds is 5. The third-order valence-corrected chi connectivity index (χ3v) is 6.63. The summed E-state index contributed by atoms with van der Waals surface area (Å²) in [7, 11) is 0. The van der Waals surface area contributed by atoms with Crippen LogP contribution in [0.2, 0.25) is 0 Å². The Morgan fingerprint density at radius 2 is 1.67 bits per heavy atom. The predicted octanol–water partition coefficient (Wildman–Crippen LogP) is 1.50. The first-order chi connectivity index (χ1) is 15.8. The molecule has 33 heavy (non-hydrogen) atoms. The summed E-state index contributed by atoms with van der Waals surface area (Å²) in [6.07, 6.45) is -1.58. The molecule has 4 aliphatic heterocycles. The number of carbonyl (C=O) groups excluding carboxylic acids is 1. The Hall–Kier alpha value is -2.99. The fourth-order valence-corrected chi connectivity index (χ4v) is 4.82. The van der Waals surface area contributed by atoms with Crippen molar-refractivity contribution in [1.82, 2.24) is 19.9 Å². The molecule has 1 N–H and O–H groups in total. The molecular weight excluding hydrogens is 436 g/mol. The van der Waals surface area contributed by atoms with Gasteiger partial charge in [0.1, 0.15) is 11.5 Å². The monoisotopic (exact) mass is 459 g/mol. The minimum absolute atomic E-state index is 0.119. The Balaban J connectivity index is 1.36. The minimum Gasteiger partial charge on any atom is -0.380 e. The first kappa shape index (κ1) is 20.6. The Labute approximate surface area is 188 Å². The first-order valence-electron chi connectivity index (χ1n) is 10.8. The van der Waals surface area contributed by atoms with Crippen molar-refractivity contribution in [2.75, 3.05) is 67.7 Å². The maximum atomic E-state index is 13.9. The molecule has 1 amide bonds. The van der Waals surface area contributed by atoms with Crippen LogP contribution < -0.4 is 15.1 Å². The molecule has 0 bridgehead atoms. The van der Waals surface area contributed by atoms with Crippen molar-refractivity contribution in [3.63, 3.8) is 0 Å². The molecule has 2 aromatic heterocycles. The normalized spacial score (nSPS) is 21.9. The van der Waals surface area contributed by atoms with Gasteiger partial charge in [-0.05, 0) is 0 Å². The molecule has 0 aromatic carbocycles. The molecule has 4 aliphatic rings. The van der Waals surface area contributed by atoms with Gasteiger partial charge in [-0.25, -0.2) is 23.7 Å². The van der Waals surface area contributed by atoms with Crippen LogP contribution in [-0.2, 0) is 14.3 Å². The van der Waals surface area contributed by atoms with E-state index in [0.29, 0.717) is 17.5 Å². The standard InChI is InChI=1S/C21H23F2N7O3/c1-12(31)25-18-24-3-13(16(28-18)17(22)23)14-2-15(29-4-20(5-29)8-32-9-20)27-19(26-14)30-6-21(7-30)10-33-11-21/h2-3,17H,4-11H2,1H3,(H,24,25,28,31). The molecule has 0 unspecified atom stereocenters. The maximum Gasteiger partial charge on any atom is 0.281 e. The molecule has 0 aliphatic carbocycles. The lowest BCUT2D eigenvalue weighted by Gasteiger charge is -2.56. The van der Waals surface area contributed by atoms with Crippen LogP contribution >= 0.6 is 0 Å². The molecule has 174 valence electrons. The number of ether oxygens (including phenoxy) is 2. The second-order valence-electron chi connectivity index (χ2n) is 9.58. The van der Waals surface area contributed by atoms with Crippen molar-refractivity contribution < 1.29 is 23.0 Å². The largest absolute Gasteiger partial charge is 0.380 e. The van der Waals surface area contributed by atoms with E-state index in [4.69, 9.17) is 14.5 Å². The van der Waals surface area contributed by atoms with Crippen LogP contribution in [0.1, 0.15) is 19.0 Å². The van der Waals surface area contributed by atoms with Crippen LogP contribution in [-0.4, -0.2) is 78.4 Å². The highest BCUT2D eigenvalue weighted by molar-refractivity contribution is 5.86.